The van der Waals surface area contributed by atoms with E-state index in [2.05, 4.69) is 9.68 Å². The van der Waals surface area contributed by atoms with Gasteiger partial charge in [0.05, 0.1) is 17.1 Å². The fourth-order valence-corrected chi connectivity index (χ4v) is 2.81. The number of allylic oxidation sites excluding steroid dienone is 2. The number of nitrogens with two attached hydrogens (primary N) is 2. The summed E-state index contributed by atoms with van der Waals surface area (Å²) in [4.78, 5) is 35.0. The molecule has 7 heteroatoms. The standard InChI is InChI=1S/C16H19N3O4/c1-9-12(15(20)22-17)14(11-7-5-4-6-8-11)13(16(21)23-18)10(2)19(9)3/h4-8,14H,17-18H2,1-3H3. The van der Waals surface area contributed by atoms with E-state index in [-0.39, 0.29) is 11.1 Å². The molecule has 1 heterocycles. The van der Waals surface area contributed by atoms with Crippen molar-refractivity contribution in [2.75, 3.05) is 7.05 Å². The summed E-state index contributed by atoms with van der Waals surface area (Å²) in [5.74, 6) is 8.07. The van der Waals surface area contributed by atoms with Crippen LogP contribution >= 0.6 is 0 Å². The lowest BCUT2D eigenvalue weighted by Crippen LogP contribution is -2.34. The minimum Gasteiger partial charge on any atom is -0.370 e. The maximum absolute atomic E-state index is 12.2. The maximum atomic E-state index is 12.2. The van der Waals surface area contributed by atoms with Gasteiger partial charge in [-0.3, -0.25) is 0 Å². The largest absolute Gasteiger partial charge is 0.370 e. The number of benzene rings is 1. The van der Waals surface area contributed by atoms with E-state index in [1.165, 1.54) is 0 Å². The van der Waals surface area contributed by atoms with Crippen LogP contribution in [0, 0.1) is 0 Å². The lowest BCUT2D eigenvalue weighted by Gasteiger charge is -2.35. The predicted molar refractivity (Wildman–Crippen MR) is 82.9 cm³/mol. The Morgan fingerprint density at radius 3 is 1.78 bits per heavy atom. The lowest BCUT2D eigenvalue weighted by atomic mass is 9.80. The molecular weight excluding hydrogens is 298 g/mol. The molecule has 0 radical (unpaired) electrons. The Balaban J connectivity index is 2.74. The zero-order valence-corrected chi connectivity index (χ0v) is 13.2. The molecule has 1 aliphatic heterocycles. The van der Waals surface area contributed by atoms with Crippen LogP contribution in [-0.2, 0) is 19.3 Å². The minimum atomic E-state index is -0.710. The first kappa shape index (κ1) is 16.7. The normalized spacial score (nSPS) is 15.8. The molecule has 1 aliphatic rings. The van der Waals surface area contributed by atoms with E-state index in [4.69, 9.17) is 11.8 Å². The van der Waals surface area contributed by atoms with Crippen molar-refractivity contribution in [3.8, 4) is 0 Å². The van der Waals surface area contributed by atoms with Gasteiger partial charge in [-0.1, -0.05) is 30.3 Å². The van der Waals surface area contributed by atoms with E-state index in [0.717, 1.165) is 5.56 Å². The summed E-state index contributed by atoms with van der Waals surface area (Å²) >= 11 is 0. The molecule has 23 heavy (non-hydrogen) atoms. The van der Waals surface area contributed by atoms with Crippen molar-refractivity contribution in [1.82, 2.24) is 4.90 Å². The molecule has 0 fully saturated rings. The van der Waals surface area contributed by atoms with Crippen molar-refractivity contribution in [2.24, 2.45) is 11.8 Å². The summed E-state index contributed by atoms with van der Waals surface area (Å²) in [6.07, 6.45) is 0. The molecule has 0 spiro atoms. The van der Waals surface area contributed by atoms with E-state index in [0.29, 0.717) is 11.4 Å². The first-order valence-corrected chi connectivity index (χ1v) is 6.96. The second-order valence-corrected chi connectivity index (χ2v) is 5.21. The zero-order chi connectivity index (χ0) is 17.1. The van der Waals surface area contributed by atoms with Gasteiger partial charge in [0.15, 0.2) is 0 Å². The highest BCUT2D eigenvalue weighted by Gasteiger charge is 2.39. The van der Waals surface area contributed by atoms with Crippen LogP contribution < -0.4 is 11.8 Å². The van der Waals surface area contributed by atoms with Crippen LogP contribution in [-0.4, -0.2) is 23.9 Å². The third-order valence-corrected chi connectivity index (χ3v) is 4.15. The first-order valence-electron chi connectivity index (χ1n) is 6.96. The maximum Gasteiger partial charge on any atom is 0.355 e. The molecular formula is C16H19N3O4. The molecule has 0 unspecified atom stereocenters. The molecule has 0 aliphatic carbocycles. The van der Waals surface area contributed by atoms with E-state index >= 15 is 0 Å². The summed E-state index contributed by atoms with van der Waals surface area (Å²) in [5, 5.41) is 0. The fourth-order valence-electron chi connectivity index (χ4n) is 2.81. The van der Waals surface area contributed by atoms with Crippen molar-refractivity contribution in [3.63, 3.8) is 0 Å². The van der Waals surface area contributed by atoms with Gasteiger partial charge in [-0.05, 0) is 19.4 Å². The van der Waals surface area contributed by atoms with Crippen LogP contribution in [0.1, 0.15) is 25.3 Å². The summed E-state index contributed by atoms with van der Waals surface area (Å²) in [5.41, 5.74) is 2.56. The van der Waals surface area contributed by atoms with Gasteiger partial charge in [-0.2, -0.15) is 11.8 Å². The van der Waals surface area contributed by atoms with Gasteiger partial charge in [-0.15, -0.1) is 0 Å². The Bertz CT molecular complexity index is 655. The first-order chi connectivity index (χ1) is 10.9. The van der Waals surface area contributed by atoms with Crippen molar-refractivity contribution >= 4 is 11.9 Å². The number of nitrogens with zero attached hydrogens (tertiary/aromatic N) is 1. The fraction of sp³-hybridized carbons (Fsp3) is 0.250. The molecule has 0 bridgehead atoms. The van der Waals surface area contributed by atoms with Crippen molar-refractivity contribution < 1.29 is 19.3 Å². The summed E-state index contributed by atoms with van der Waals surface area (Å²) < 4.78 is 0. The Kier molecular flexibility index (Phi) is 4.83. The average molecular weight is 317 g/mol. The van der Waals surface area contributed by atoms with Gasteiger partial charge in [0, 0.05) is 18.4 Å². The minimum absolute atomic E-state index is 0.271. The molecule has 0 amide bonds. The molecule has 4 N–H and O–H groups in total. The Morgan fingerprint density at radius 2 is 1.39 bits per heavy atom. The van der Waals surface area contributed by atoms with Gasteiger partial charge in [0.1, 0.15) is 0 Å². The number of carbonyl (C=O) groups is 2. The quantitative estimate of drug-likeness (QED) is 0.804. The highest BCUT2D eigenvalue weighted by atomic mass is 16.7. The highest BCUT2D eigenvalue weighted by Crippen LogP contribution is 2.41. The molecule has 0 saturated heterocycles. The molecule has 1 aromatic carbocycles. The van der Waals surface area contributed by atoms with Gasteiger partial charge < -0.3 is 14.6 Å². The second-order valence-electron chi connectivity index (χ2n) is 5.21. The Hall–Kier alpha value is -2.64. The third-order valence-electron chi connectivity index (χ3n) is 4.15. The number of hydrogen-bond acceptors (Lipinski definition) is 7. The van der Waals surface area contributed by atoms with Crippen molar-refractivity contribution in [1.29, 1.82) is 0 Å². The zero-order valence-electron chi connectivity index (χ0n) is 13.2. The molecule has 0 saturated carbocycles. The summed E-state index contributed by atoms with van der Waals surface area (Å²) in [6.45, 7) is 3.52. The number of hydrogen-bond donors (Lipinski definition) is 2. The average Bonchev–Trinajstić information content (AvgIpc) is 2.58. The smallest absolute Gasteiger partial charge is 0.355 e. The molecule has 2 rings (SSSR count). The van der Waals surface area contributed by atoms with Crippen LogP contribution in [0.2, 0.25) is 0 Å². The summed E-state index contributed by atoms with van der Waals surface area (Å²) in [7, 11) is 1.74. The highest BCUT2D eigenvalue weighted by molar-refractivity contribution is 5.99. The van der Waals surface area contributed by atoms with Crippen molar-refractivity contribution in [3.05, 3.63) is 58.4 Å². The van der Waals surface area contributed by atoms with Crippen LogP contribution in [0.5, 0.6) is 0 Å². The van der Waals surface area contributed by atoms with Crippen molar-refractivity contribution in [2.45, 2.75) is 19.8 Å². The van der Waals surface area contributed by atoms with E-state index in [1.807, 2.05) is 30.3 Å². The Labute approximate surface area is 134 Å². The van der Waals surface area contributed by atoms with E-state index in [1.54, 1.807) is 25.8 Å². The lowest BCUT2D eigenvalue weighted by molar-refractivity contribution is -0.140. The van der Waals surface area contributed by atoms with Gasteiger partial charge in [0.2, 0.25) is 0 Å². The van der Waals surface area contributed by atoms with Gasteiger partial charge >= 0.3 is 11.9 Å². The molecule has 1 aromatic rings. The number of rotatable bonds is 3. The van der Waals surface area contributed by atoms with Crippen LogP contribution in [0.15, 0.2) is 52.9 Å². The molecule has 122 valence electrons. The SMILES string of the molecule is CC1=C(C(=O)ON)C(c2ccccc2)C(C(=O)ON)=C(C)N1C. The summed E-state index contributed by atoms with van der Waals surface area (Å²) in [6, 6.07) is 9.09. The molecule has 0 aromatic heterocycles. The van der Waals surface area contributed by atoms with Crippen LogP contribution in [0.3, 0.4) is 0 Å². The van der Waals surface area contributed by atoms with Gasteiger partial charge in [0.25, 0.3) is 0 Å². The monoisotopic (exact) mass is 317 g/mol. The number of carbonyl (C=O) groups excluding carboxylic acids is 2. The van der Waals surface area contributed by atoms with Gasteiger partial charge in [-0.25, -0.2) is 9.59 Å². The third kappa shape index (κ3) is 2.84. The molecule has 0 atom stereocenters. The predicted octanol–water partition coefficient (Wildman–Crippen LogP) is 1.10. The Morgan fingerprint density at radius 1 is 0.957 bits per heavy atom. The van der Waals surface area contributed by atoms with Crippen LogP contribution in [0.4, 0.5) is 0 Å². The topological polar surface area (TPSA) is 108 Å². The van der Waals surface area contributed by atoms with E-state index in [9.17, 15) is 9.59 Å². The molecule has 7 nitrogen and oxygen atoms in total. The van der Waals surface area contributed by atoms with Crippen LogP contribution in [0.25, 0.3) is 0 Å². The second kappa shape index (κ2) is 6.64. The van der Waals surface area contributed by atoms with E-state index < -0.39 is 17.9 Å².